The Kier molecular flexibility index (Phi) is 3.06. The SMILES string of the molecule is CC(=O)C1=C(C)Nc2ncnn2[C@@H]1c1ccc(Cl)cc1. The fourth-order valence-electron chi connectivity index (χ4n) is 2.50. The van der Waals surface area contributed by atoms with Gasteiger partial charge in [0.1, 0.15) is 12.4 Å². The van der Waals surface area contributed by atoms with Crippen LogP contribution in [0.4, 0.5) is 5.95 Å². The smallest absolute Gasteiger partial charge is 0.226 e. The summed E-state index contributed by atoms with van der Waals surface area (Å²) in [4.78, 5) is 16.2. The number of carbonyl (C=O) groups excluding carboxylic acids is 1. The molecule has 0 bridgehead atoms. The van der Waals surface area contributed by atoms with Gasteiger partial charge in [-0.15, -0.1) is 0 Å². The van der Waals surface area contributed by atoms with Crippen molar-refractivity contribution in [1.82, 2.24) is 14.8 Å². The van der Waals surface area contributed by atoms with E-state index in [9.17, 15) is 4.79 Å². The minimum Gasteiger partial charge on any atom is -0.328 e. The van der Waals surface area contributed by atoms with Crippen LogP contribution in [0, 0.1) is 0 Å². The van der Waals surface area contributed by atoms with Gasteiger partial charge in [-0.3, -0.25) is 4.79 Å². The molecule has 20 heavy (non-hydrogen) atoms. The van der Waals surface area contributed by atoms with Crippen molar-refractivity contribution in [3.63, 3.8) is 0 Å². The van der Waals surface area contributed by atoms with Gasteiger partial charge >= 0.3 is 0 Å². The number of hydrogen-bond acceptors (Lipinski definition) is 4. The lowest BCUT2D eigenvalue weighted by Gasteiger charge is -2.28. The highest BCUT2D eigenvalue weighted by Gasteiger charge is 2.31. The molecule has 1 N–H and O–H groups in total. The van der Waals surface area contributed by atoms with Crippen molar-refractivity contribution < 1.29 is 4.79 Å². The maximum atomic E-state index is 12.0. The quantitative estimate of drug-likeness (QED) is 0.923. The first-order chi connectivity index (χ1) is 9.58. The van der Waals surface area contributed by atoms with Gasteiger partial charge in [-0.2, -0.15) is 10.1 Å². The number of rotatable bonds is 2. The number of ketones is 1. The highest BCUT2D eigenvalue weighted by atomic mass is 35.5. The molecule has 0 radical (unpaired) electrons. The van der Waals surface area contributed by atoms with Crippen molar-refractivity contribution >= 4 is 23.3 Å². The Balaban J connectivity index is 2.19. The molecular formula is C14H13ClN4O. The molecule has 1 aromatic heterocycles. The first-order valence-electron chi connectivity index (χ1n) is 6.21. The van der Waals surface area contributed by atoms with Crippen LogP contribution in [0.2, 0.25) is 5.02 Å². The van der Waals surface area contributed by atoms with Gasteiger partial charge in [0.25, 0.3) is 0 Å². The third-order valence-electron chi connectivity index (χ3n) is 3.36. The predicted octanol–water partition coefficient (Wildman–Crippen LogP) is 2.81. The Morgan fingerprint density at radius 1 is 1.35 bits per heavy atom. The Bertz CT molecular complexity index is 702. The molecule has 2 aromatic rings. The molecule has 1 aliphatic heterocycles. The van der Waals surface area contributed by atoms with Crippen LogP contribution in [0.1, 0.15) is 25.5 Å². The summed E-state index contributed by atoms with van der Waals surface area (Å²) in [5.74, 6) is 0.642. The number of Topliss-reactive ketones (excluding diaryl/α,β-unsaturated/α-hetero) is 1. The molecule has 1 aliphatic rings. The van der Waals surface area contributed by atoms with Gasteiger partial charge in [-0.25, -0.2) is 4.68 Å². The third-order valence-corrected chi connectivity index (χ3v) is 3.61. The van der Waals surface area contributed by atoms with Crippen LogP contribution in [-0.2, 0) is 4.79 Å². The average molecular weight is 289 g/mol. The minimum absolute atomic E-state index is 0.0103. The van der Waals surface area contributed by atoms with Crippen LogP contribution in [0.15, 0.2) is 41.9 Å². The van der Waals surface area contributed by atoms with Gasteiger partial charge in [-0.1, -0.05) is 23.7 Å². The predicted molar refractivity (Wildman–Crippen MR) is 76.6 cm³/mol. The van der Waals surface area contributed by atoms with Crippen LogP contribution >= 0.6 is 11.6 Å². The molecule has 6 heteroatoms. The third kappa shape index (κ3) is 2.00. The molecule has 0 aliphatic carbocycles. The van der Waals surface area contributed by atoms with E-state index in [4.69, 9.17) is 11.6 Å². The van der Waals surface area contributed by atoms with E-state index in [-0.39, 0.29) is 11.8 Å². The Hall–Kier alpha value is -2.14. The van der Waals surface area contributed by atoms with Gasteiger partial charge < -0.3 is 5.32 Å². The second-order valence-electron chi connectivity index (χ2n) is 4.70. The number of hydrogen-bond donors (Lipinski definition) is 1. The van der Waals surface area contributed by atoms with E-state index in [1.807, 2.05) is 31.2 Å². The molecule has 3 rings (SSSR count). The van der Waals surface area contributed by atoms with Crippen LogP contribution in [0.25, 0.3) is 0 Å². The van der Waals surface area contributed by atoms with Gasteiger partial charge in [0.15, 0.2) is 5.78 Å². The van der Waals surface area contributed by atoms with Gasteiger partial charge in [0.05, 0.1) is 0 Å². The standard InChI is InChI=1S/C14H13ClN4O/c1-8-12(9(2)20)13(10-3-5-11(15)6-4-10)19-14(18-8)16-7-17-19/h3-7,13H,1-2H3,(H,16,17,18)/t13-/m1/s1. The zero-order valence-electron chi connectivity index (χ0n) is 11.1. The Morgan fingerprint density at radius 2 is 2.05 bits per heavy atom. The number of aromatic nitrogens is 3. The lowest BCUT2D eigenvalue weighted by atomic mass is 9.93. The maximum Gasteiger partial charge on any atom is 0.226 e. The van der Waals surface area contributed by atoms with E-state index in [0.717, 1.165) is 11.3 Å². The van der Waals surface area contributed by atoms with Gasteiger partial charge in [-0.05, 0) is 31.5 Å². The Morgan fingerprint density at radius 3 is 2.70 bits per heavy atom. The minimum atomic E-state index is -0.275. The molecule has 102 valence electrons. The van der Waals surface area contributed by atoms with E-state index >= 15 is 0 Å². The van der Waals surface area contributed by atoms with Crippen molar-refractivity contribution in [2.24, 2.45) is 0 Å². The summed E-state index contributed by atoms with van der Waals surface area (Å²) in [6, 6.07) is 7.15. The first kappa shape index (κ1) is 12.9. The van der Waals surface area contributed by atoms with Gasteiger partial charge in [0, 0.05) is 16.3 Å². The zero-order chi connectivity index (χ0) is 14.3. The summed E-state index contributed by atoms with van der Waals surface area (Å²) in [5, 5.41) is 7.99. The monoisotopic (exact) mass is 288 g/mol. The molecule has 0 spiro atoms. The highest BCUT2D eigenvalue weighted by Crippen LogP contribution is 2.35. The molecule has 0 saturated heterocycles. The first-order valence-corrected chi connectivity index (χ1v) is 6.59. The summed E-state index contributed by atoms with van der Waals surface area (Å²) >= 11 is 5.93. The van der Waals surface area contributed by atoms with E-state index in [1.54, 1.807) is 11.6 Å². The van der Waals surface area contributed by atoms with Crippen LogP contribution in [0.5, 0.6) is 0 Å². The molecule has 0 saturated carbocycles. The van der Waals surface area contributed by atoms with Crippen molar-refractivity contribution in [3.8, 4) is 0 Å². The van der Waals surface area contributed by atoms with Crippen molar-refractivity contribution in [1.29, 1.82) is 0 Å². The van der Waals surface area contributed by atoms with Gasteiger partial charge in [0.2, 0.25) is 5.95 Å². The van der Waals surface area contributed by atoms with Crippen molar-refractivity contribution in [2.45, 2.75) is 19.9 Å². The molecular weight excluding hydrogens is 276 g/mol. The van der Waals surface area contributed by atoms with E-state index < -0.39 is 0 Å². The second kappa shape index (κ2) is 4.76. The lowest BCUT2D eigenvalue weighted by Crippen LogP contribution is -2.27. The number of fused-ring (bicyclic) bond motifs is 1. The molecule has 5 nitrogen and oxygen atoms in total. The highest BCUT2D eigenvalue weighted by molar-refractivity contribution is 6.30. The van der Waals surface area contributed by atoms with Crippen molar-refractivity contribution in [2.75, 3.05) is 5.32 Å². The Labute approximate surface area is 121 Å². The summed E-state index contributed by atoms with van der Waals surface area (Å²) in [7, 11) is 0. The maximum absolute atomic E-state index is 12.0. The molecule has 0 amide bonds. The lowest BCUT2D eigenvalue weighted by molar-refractivity contribution is -0.114. The number of nitrogens with one attached hydrogen (secondary N) is 1. The topological polar surface area (TPSA) is 59.8 Å². The van der Waals surface area contributed by atoms with E-state index in [0.29, 0.717) is 16.5 Å². The largest absolute Gasteiger partial charge is 0.328 e. The normalized spacial score (nSPS) is 17.6. The van der Waals surface area contributed by atoms with Crippen molar-refractivity contribution in [3.05, 3.63) is 52.4 Å². The van der Waals surface area contributed by atoms with Crippen LogP contribution < -0.4 is 5.32 Å². The summed E-state index contributed by atoms with van der Waals surface area (Å²) in [6.07, 6.45) is 1.47. The number of benzene rings is 1. The number of halogens is 1. The summed E-state index contributed by atoms with van der Waals surface area (Å²) in [5.41, 5.74) is 2.44. The average Bonchev–Trinajstić information content (AvgIpc) is 2.85. The fraction of sp³-hybridized carbons (Fsp3) is 0.214. The molecule has 0 unspecified atom stereocenters. The summed E-state index contributed by atoms with van der Waals surface area (Å²) < 4.78 is 1.72. The molecule has 1 atom stereocenters. The van der Waals surface area contributed by atoms with E-state index in [2.05, 4.69) is 15.4 Å². The fourth-order valence-corrected chi connectivity index (χ4v) is 2.63. The number of carbonyl (C=O) groups is 1. The zero-order valence-corrected chi connectivity index (χ0v) is 11.8. The van der Waals surface area contributed by atoms with E-state index in [1.165, 1.54) is 6.33 Å². The van der Waals surface area contributed by atoms with Crippen LogP contribution in [0.3, 0.4) is 0 Å². The number of nitrogens with zero attached hydrogens (tertiary/aromatic N) is 3. The number of anilines is 1. The van der Waals surface area contributed by atoms with Crippen LogP contribution in [-0.4, -0.2) is 20.5 Å². The molecule has 1 aromatic carbocycles. The number of allylic oxidation sites excluding steroid dienone is 2. The molecule has 0 fully saturated rings. The second-order valence-corrected chi connectivity index (χ2v) is 5.14. The molecule has 2 heterocycles. The summed E-state index contributed by atoms with van der Waals surface area (Å²) in [6.45, 7) is 3.43.